The zero-order chi connectivity index (χ0) is 23.7. The summed E-state index contributed by atoms with van der Waals surface area (Å²) in [7, 11) is 0. The molecule has 1 aliphatic rings. The third kappa shape index (κ3) is 4.47. The second kappa shape index (κ2) is 9.18. The first-order valence-corrected chi connectivity index (χ1v) is 11.8. The van der Waals surface area contributed by atoms with Crippen molar-refractivity contribution in [2.45, 2.75) is 32.9 Å². The maximum absolute atomic E-state index is 12.6. The number of nitrogens with zero attached hydrogens (tertiary/aromatic N) is 4. The molecule has 0 saturated heterocycles. The van der Waals surface area contributed by atoms with E-state index in [1.807, 2.05) is 47.3 Å². The van der Waals surface area contributed by atoms with Crippen LogP contribution in [0.1, 0.15) is 33.7 Å². The Kier molecular flexibility index (Phi) is 5.93. The van der Waals surface area contributed by atoms with E-state index < -0.39 is 18.5 Å². The van der Waals surface area contributed by atoms with Gasteiger partial charge in [-0.2, -0.15) is 4.99 Å². The molecule has 2 aromatic heterocycles. The first-order valence-electron chi connectivity index (χ1n) is 11.0. The van der Waals surface area contributed by atoms with E-state index in [4.69, 9.17) is 4.74 Å². The number of benzene rings is 2. The molecular weight excluding hydrogens is 452 g/mol. The number of hydrogen-bond acceptors (Lipinski definition) is 6. The van der Waals surface area contributed by atoms with Gasteiger partial charge in [0.05, 0.1) is 16.5 Å². The highest BCUT2D eigenvalue weighted by Gasteiger charge is 2.18. The minimum absolute atomic E-state index is 0.0960. The highest BCUT2D eigenvalue weighted by atomic mass is 32.1. The van der Waals surface area contributed by atoms with Crippen molar-refractivity contribution >= 4 is 34.1 Å². The molecule has 172 valence electrons. The Bertz CT molecular complexity index is 1530. The van der Waals surface area contributed by atoms with E-state index >= 15 is 0 Å². The standard InChI is InChI=1S/C25H22N4O4S/c1-16-4-6-17(7-5-16)14-28-11-12-34-25(28)27-22(30)15-33-24(32)18-8-9-19-20(13-18)26-21-3-2-10-29(21)23(19)31/h4-9,11-13H,2-3,10,14-15H2,1H3. The van der Waals surface area contributed by atoms with Crippen molar-refractivity contribution in [2.75, 3.05) is 6.61 Å². The van der Waals surface area contributed by atoms with Crippen molar-refractivity contribution in [3.8, 4) is 0 Å². The molecule has 34 heavy (non-hydrogen) atoms. The second-order valence-corrected chi connectivity index (χ2v) is 9.07. The van der Waals surface area contributed by atoms with Crippen LogP contribution in [0.15, 0.2) is 63.8 Å². The summed E-state index contributed by atoms with van der Waals surface area (Å²) in [4.78, 5) is 46.6. The molecule has 0 bridgehead atoms. The summed E-state index contributed by atoms with van der Waals surface area (Å²) in [5, 5.41) is 2.32. The molecule has 0 aliphatic carbocycles. The molecule has 0 radical (unpaired) electrons. The van der Waals surface area contributed by atoms with Crippen LogP contribution < -0.4 is 10.4 Å². The number of esters is 1. The Morgan fingerprint density at radius 1 is 1.18 bits per heavy atom. The molecule has 0 saturated carbocycles. The van der Waals surface area contributed by atoms with E-state index in [-0.39, 0.29) is 11.1 Å². The van der Waals surface area contributed by atoms with Gasteiger partial charge < -0.3 is 9.30 Å². The van der Waals surface area contributed by atoms with Gasteiger partial charge in [-0.1, -0.05) is 29.8 Å². The van der Waals surface area contributed by atoms with Crippen LogP contribution >= 0.6 is 11.3 Å². The van der Waals surface area contributed by atoms with Crippen molar-refractivity contribution in [3.05, 3.63) is 91.7 Å². The first kappa shape index (κ1) is 22.0. The maximum atomic E-state index is 12.6. The average Bonchev–Trinajstić information content (AvgIpc) is 3.48. The smallest absolute Gasteiger partial charge is 0.338 e. The molecule has 0 N–H and O–H groups in total. The summed E-state index contributed by atoms with van der Waals surface area (Å²) in [6.45, 7) is 2.81. The van der Waals surface area contributed by atoms with Crippen LogP contribution in [0, 0.1) is 6.92 Å². The fourth-order valence-electron chi connectivity index (χ4n) is 3.96. The fraction of sp³-hybridized carbons (Fsp3) is 0.240. The number of carbonyl (C=O) groups is 2. The molecule has 1 amide bonds. The van der Waals surface area contributed by atoms with Crippen molar-refractivity contribution < 1.29 is 14.3 Å². The summed E-state index contributed by atoms with van der Waals surface area (Å²) in [6, 6.07) is 12.8. The molecule has 0 spiro atoms. The molecule has 9 heteroatoms. The van der Waals surface area contributed by atoms with Crippen molar-refractivity contribution in [1.29, 1.82) is 0 Å². The van der Waals surface area contributed by atoms with Gasteiger partial charge in [0, 0.05) is 31.1 Å². The summed E-state index contributed by atoms with van der Waals surface area (Å²) in [5.41, 5.74) is 2.88. The van der Waals surface area contributed by atoms with E-state index in [1.165, 1.54) is 29.0 Å². The summed E-state index contributed by atoms with van der Waals surface area (Å²) < 4.78 is 8.74. The SMILES string of the molecule is Cc1ccc(Cn2ccsc2=NC(=O)COC(=O)c2ccc3c(=O)n4c(nc3c2)CCC4)cc1. The van der Waals surface area contributed by atoms with Gasteiger partial charge in [-0.3, -0.25) is 14.2 Å². The zero-order valence-corrected chi connectivity index (χ0v) is 19.4. The molecule has 4 aromatic rings. The van der Waals surface area contributed by atoms with Crippen LogP contribution in [0.3, 0.4) is 0 Å². The lowest BCUT2D eigenvalue weighted by Crippen LogP contribution is -2.21. The van der Waals surface area contributed by atoms with Gasteiger partial charge in [0.15, 0.2) is 11.4 Å². The molecule has 5 rings (SSSR count). The topological polar surface area (TPSA) is 95.5 Å². The summed E-state index contributed by atoms with van der Waals surface area (Å²) >= 11 is 1.34. The Morgan fingerprint density at radius 3 is 2.82 bits per heavy atom. The molecule has 2 aromatic carbocycles. The monoisotopic (exact) mass is 474 g/mol. The number of hydrogen-bond donors (Lipinski definition) is 0. The average molecular weight is 475 g/mol. The van der Waals surface area contributed by atoms with Crippen LogP contribution in [0.25, 0.3) is 10.9 Å². The summed E-state index contributed by atoms with van der Waals surface area (Å²) in [5.74, 6) is -0.484. The van der Waals surface area contributed by atoms with Crippen LogP contribution in [0.4, 0.5) is 0 Å². The van der Waals surface area contributed by atoms with E-state index in [2.05, 4.69) is 9.98 Å². The Balaban J connectivity index is 1.27. The van der Waals surface area contributed by atoms with Crippen LogP contribution in [-0.4, -0.2) is 32.6 Å². The molecule has 1 aliphatic heterocycles. The lowest BCUT2D eigenvalue weighted by Gasteiger charge is -2.07. The number of aromatic nitrogens is 3. The van der Waals surface area contributed by atoms with E-state index in [0.29, 0.717) is 28.8 Å². The highest BCUT2D eigenvalue weighted by molar-refractivity contribution is 7.07. The quantitative estimate of drug-likeness (QED) is 0.415. The minimum Gasteiger partial charge on any atom is -0.452 e. The Labute approximate surface area is 198 Å². The van der Waals surface area contributed by atoms with Gasteiger partial charge in [0.25, 0.3) is 11.5 Å². The third-order valence-corrected chi connectivity index (χ3v) is 6.53. The minimum atomic E-state index is -0.661. The molecule has 0 atom stereocenters. The van der Waals surface area contributed by atoms with Crippen molar-refractivity contribution in [1.82, 2.24) is 14.1 Å². The van der Waals surface area contributed by atoms with E-state index in [9.17, 15) is 14.4 Å². The number of rotatable bonds is 5. The molecule has 8 nitrogen and oxygen atoms in total. The van der Waals surface area contributed by atoms with Crippen LogP contribution in [-0.2, 0) is 29.0 Å². The Morgan fingerprint density at radius 2 is 2.00 bits per heavy atom. The number of fused-ring (bicyclic) bond motifs is 2. The molecule has 0 fully saturated rings. The van der Waals surface area contributed by atoms with Crippen LogP contribution in [0.2, 0.25) is 0 Å². The molecule has 0 unspecified atom stereocenters. The molecular formula is C25H22N4O4S. The largest absolute Gasteiger partial charge is 0.452 e. The van der Waals surface area contributed by atoms with E-state index in [1.54, 1.807) is 10.6 Å². The first-order chi connectivity index (χ1) is 16.5. The lowest BCUT2D eigenvalue weighted by atomic mass is 10.1. The molecule has 3 heterocycles. The third-order valence-electron chi connectivity index (χ3n) is 5.73. The van der Waals surface area contributed by atoms with E-state index in [0.717, 1.165) is 24.2 Å². The second-order valence-electron chi connectivity index (χ2n) is 8.20. The van der Waals surface area contributed by atoms with Crippen molar-refractivity contribution in [2.24, 2.45) is 4.99 Å². The van der Waals surface area contributed by atoms with Gasteiger partial charge in [-0.15, -0.1) is 11.3 Å². The number of aryl methyl sites for hydroxylation is 2. The van der Waals surface area contributed by atoms with Gasteiger partial charge in [-0.25, -0.2) is 9.78 Å². The van der Waals surface area contributed by atoms with Gasteiger partial charge in [0.2, 0.25) is 0 Å². The van der Waals surface area contributed by atoms with Gasteiger partial charge in [-0.05, 0) is 37.1 Å². The predicted octanol–water partition coefficient (Wildman–Crippen LogP) is 2.85. The number of ether oxygens (including phenoxy) is 1. The van der Waals surface area contributed by atoms with Gasteiger partial charge >= 0.3 is 5.97 Å². The number of amides is 1. The fourth-order valence-corrected chi connectivity index (χ4v) is 4.70. The number of thiazole rings is 1. The maximum Gasteiger partial charge on any atom is 0.338 e. The number of carbonyl (C=O) groups excluding carboxylic acids is 2. The highest BCUT2D eigenvalue weighted by Crippen LogP contribution is 2.16. The predicted molar refractivity (Wildman–Crippen MR) is 128 cm³/mol. The normalized spacial score (nSPS) is 13.3. The lowest BCUT2D eigenvalue weighted by molar-refractivity contribution is -0.121. The van der Waals surface area contributed by atoms with Gasteiger partial charge in [0.1, 0.15) is 5.82 Å². The summed E-state index contributed by atoms with van der Waals surface area (Å²) in [6.07, 6.45) is 3.49. The van der Waals surface area contributed by atoms with Crippen LogP contribution in [0.5, 0.6) is 0 Å². The zero-order valence-electron chi connectivity index (χ0n) is 18.6. The van der Waals surface area contributed by atoms with Crippen molar-refractivity contribution in [3.63, 3.8) is 0 Å². The Hall–Kier alpha value is -3.85.